The predicted molar refractivity (Wildman–Crippen MR) is 189 cm³/mol. The third-order valence-corrected chi connectivity index (χ3v) is 10.1. The SMILES string of the molecule is c1ccc(-c2nc(-n3c4ccccc4c4ccccc43)c3sc4cc5c(cc4c3n2)c2ccccc2n5-c2ccccc2)cc1. The molecule has 0 aliphatic carbocycles. The highest BCUT2D eigenvalue weighted by molar-refractivity contribution is 7.26. The van der Waals surface area contributed by atoms with E-state index in [9.17, 15) is 0 Å². The molecule has 0 amide bonds. The van der Waals surface area contributed by atoms with Gasteiger partial charge in [-0.15, -0.1) is 11.3 Å². The molecule has 210 valence electrons. The van der Waals surface area contributed by atoms with Gasteiger partial charge < -0.3 is 4.57 Å². The topological polar surface area (TPSA) is 35.6 Å². The van der Waals surface area contributed by atoms with Crippen LogP contribution in [0.3, 0.4) is 0 Å². The lowest BCUT2D eigenvalue weighted by atomic mass is 10.1. The van der Waals surface area contributed by atoms with Gasteiger partial charge >= 0.3 is 0 Å². The molecule has 6 aromatic carbocycles. The van der Waals surface area contributed by atoms with Gasteiger partial charge in [0.15, 0.2) is 11.6 Å². The van der Waals surface area contributed by atoms with Gasteiger partial charge in [-0.25, -0.2) is 9.97 Å². The summed E-state index contributed by atoms with van der Waals surface area (Å²) in [4.78, 5) is 10.6. The first-order chi connectivity index (χ1) is 22.3. The summed E-state index contributed by atoms with van der Waals surface area (Å²) in [7, 11) is 0. The monoisotopic (exact) mass is 592 g/mol. The van der Waals surface area contributed by atoms with E-state index in [0.717, 1.165) is 49.5 Å². The summed E-state index contributed by atoms with van der Waals surface area (Å²) >= 11 is 1.78. The van der Waals surface area contributed by atoms with Crippen molar-refractivity contribution in [2.75, 3.05) is 0 Å². The Labute approximate surface area is 262 Å². The molecule has 0 fully saturated rings. The van der Waals surface area contributed by atoms with Gasteiger partial charge in [-0.1, -0.05) is 103 Å². The standard InChI is InChI=1S/C40H24N4S/c1-3-13-25(14-4-1)39-41-37-31-23-30-29-19-9-10-20-32(29)43(26-15-5-2-6-16-26)35(30)24-36(31)45-38(37)40(42-39)44-33-21-11-7-17-27(33)28-18-8-12-22-34(28)44/h1-24H. The fourth-order valence-electron chi connectivity index (χ4n) is 6.96. The summed E-state index contributed by atoms with van der Waals surface area (Å²) in [5.41, 5.74) is 7.81. The van der Waals surface area contributed by atoms with Gasteiger partial charge in [0.1, 0.15) is 0 Å². The van der Waals surface area contributed by atoms with E-state index in [-0.39, 0.29) is 0 Å². The summed E-state index contributed by atoms with van der Waals surface area (Å²) < 4.78 is 6.98. The number of fused-ring (bicyclic) bond motifs is 9. The van der Waals surface area contributed by atoms with Crippen LogP contribution in [-0.4, -0.2) is 19.1 Å². The van der Waals surface area contributed by atoms with Crippen molar-refractivity contribution in [3.8, 4) is 22.9 Å². The van der Waals surface area contributed by atoms with Gasteiger partial charge in [-0.2, -0.15) is 0 Å². The Kier molecular flexibility index (Phi) is 5.12. The van der Waals surface area contributed by atoms with Crippen molar-refractivity contribution in [1.82, 2.24) is 19.1 Å². The largest absolute Gasteiger partial charge is 0.309 e. The van der Waals surface area contributed by atoms with E-state index in [4.69, 9.17) is 9.97 Å². The van der Waals surface area contributed by atoms with Crippen LogP contribution in [0.4, 0.5) is 0 Å². The number of nitrogens with zero attached hydrogens (tertiary/aromatic N) is 4. The molecule has 0 atom stereocenters. The van der Waals surface area contributed by atoms with Gasteiger partial charge in [0.05, 0.1) is 32.3 Å². The second kappa shape index (κ2) is 9.36. The molecule has 4 heterocycles. The zero-order chi connectivity index (χ0) is 29.5. The highest BCUT2D eigenvalue weighted by Crippen LogP contribution is 2.43. The second-order valence-electron chi connectivity index (χ2n) is 11.4. The van der Waals surface area contributed by atoms with Crippen molar-refractivity contribution >= 4 is 75.3 Å². The fourth-order valence-corrected chi connectivity index (χ4v) is 8.10. The predicted octanol–water partition coefficient (Wildman–Crippen LogP) is 10.7. The normalized spacial score (nSPS) is 12.0. The molecule has 5 heteroatoms. The van der Waals surface area contributed by atoms with E-state index in [1.165, 1.54) is 37.3 Å². The smallest absolute Gasteiger partial charge is 0.162 e. The lowest BCUT2D eigenvalue weighted by Gasteiger charge is -2.10. The maximum atomic E-state index is 5.34. The summed E-state index contributed by atoms with van der Waals surface area (Å²) in [6.07, 6.45) is 0. The number of rotatable bonds is 3. The zero-order valence-electron chi connectivity index (χ0n) is 24.1. The first-order valence-electron chi connectivity index (χ1n) is 15.1. The van der Waals surface area contributed by atoms with E-state index < -0.39 is 0 Å². The van der Waals surface area contributed by atoms with Crippen LogP contribution in [0.2, 0.25) is 0 Å². The van der Waals surface area contributed by atoms with Gasteiger partial charge in [0.2, 0.25) is 0 Å². The van der Waals surface area contributed by atoms with Crippen LogP contribution < -0.4 is 0 Å². The third kappa shape index (κ3) is 3.53. The lowest BCUT2D eigenvalue weighted by molar-refractivity contribution is 1.08. The molecule has 0 saturated heterocycles. The van der Waals surface area contributed by atoms with Gasteiger partial charge in [-0.3, -0.25) is 4.57 Å². The molecule has 4 aromatic heterocycles. The van der Waals surface area contributed by atoms with E-state index in [1.54, 1.807) is 11.3 Å². The minimum atomic E-state index is 0.728. The molecule has 0 aliphatic heterocycles. The van der Waals surface area contributed by atoms with Crippen molar-refractivity contribution in [3.63, 3.8) is 0 Å². The van der Waals surface area contributed by atoms with Crippen LogP contribution in [0.1, 0.15) is 0 Å². The van der Waals surface area contributed by atoms with Crippen LogP contribution in [-0.2, 0) is 0 Å². The molecule has 45 heavy (non-hydrogen) atoms. The Balaban J connectivity index is 1.37. The van der Waals surface area contributed by atoms with Gasteiger partial charge in [0, 0.05) is 42.9 Å². The summed E-state index contributed by atoms with van der Waals surface area (Å²) in [5, 5.41) is 6.05. The number of aromatic nitrogens is 4. The van der Waals surface area contributed by atoms with E-state index in [2.05, 4.69) is 149 Å². The van der Waals surface area contributed by atoms with Crippen LogP contribution in [0, 0.1) is 0 Å². The average Bonchev–Trinajstić information content (AvgIpc) is 3.75. The maximum absolute atomic E-state index is 5.34. The molecule has 0 saturated carbocycles. The number of benzene rings is 6. The molecule has 0 unspecified atom stereocenters. The number of hydrogen-bond acceptors (Lipinski definition) is 3. The number of hydrogen-bond donors (Lipinski definition) is 0. The molecule has 10 rings (SSSR count). The Bertz CT molecular complexity index is 2700. The average molecular weight is 593 g/mol. The third-order valence-electron chi connectivity index (χ3n) is 8.93. The van der Waals surface area contributed by atoms with Crippen molar-refractivity contribution < 1.29 is 0 Å². The van der Waals surface area contributed by atoms with Crippen LogP contribution >= 0.6 is 11.3 Å². The first kappa shape index (κ1) is 24.6. The Morgan fingerprint density at radius 2 is 1.00 bits per heavy atom. The molecule has 10 aromatic rings. The quantitative estimate of drug-likeness (QED) is 0.205. The van der Waals surface area contributed by atoms with Crippen molar-refractivity contribution in [2.45, 2.75) is 0 Å². The Morgan fingerprint density at radius 1 is 0.444 bits per heavy atom. The molecule has 0 N–H and O–H groups in total. The Morgan fingerprint density at radius 3 is 1.67 bits per heavy atom. The van der Waals surface area contributed by atoms with Crippen molar-refractivity contribution in [1.29, 1.82) is 0 Å². The molecular formula is C40H24N4S. The van der Waals surface area contributed by atoms with E-state index >= 15 is 0 Å². The second-order valence-corrected chi connectivity index (χ2v) is 12.5. The molecule has 0 aliphatic rings. The maximum Gasteiger partial charge on any atom is 0.162 e. The number of para-hydroxylation sites is 4. The molecule has 0 spiro atoms. The summed E-state index contributed by atoms with van der Waals surface area (Å²) in [6.45, 7) is 0. The minimum absolute atomic E-state index is 0.728. The molecule has 0 radical (unpaired) electrons. The van der Waals surface area contributed by atoms with Crippen molar-refractivity contribution in [3.05, 3.63) is 146 Å². The van der Waals surface area contributed by atoms with Gasteiger partial charge in [-0.05, 0) is 42.5 Å². The molecular weight excluding hydrogens is 569 g/mol. The van der Waals surface area contributed by atoms with E-state index in [0.29, 0.717) is 0 Å². The molecule has 0 bridgehead atoms. The summed E-state index contributed by atoms with van der Waals surface area (Å²) in [6, 6.07) is 51.6. The van der Waals surface area contributed by atoms with Gasteiger partial charge in [0.25, 0.3) is 0 Å². The highest BCUT2D eigenvalue weighted by Gasteiger charge is 2.22. The fraction of sp³-hybridized carbons (Fsp3) is 0. The zero-order valence-corrected chi connectivity index (χ0v) is 24.9. The minimum Gasteiger partial charge on any atom is -0.309 e. The summed E-state index contributed by atoms with van der Waals surface area (Å²) in [5.74, 6) is 1.64. The van der Waals surface area contributed by atoms with Crippen LogP contribution in [0.15, 0.2) is 146 Å². The Hall–Kier alpha value is -5.78. The highest BCUT2D eigenvalue weighted by atomic mass is 32.1. The number of thiophene rings is 1. The first-order valence-corrected chi connectivity index (χ1v) is 15.9. The van der Waals surface area contributed by atoms with E-state index in [1.807, 2.05) is 6.07 Å². The van der Waals surface area contributed by atoms with Crippen LogP contribution in [0.5, 0.6) is 0 Å². The lowest BCUT2D eigenvalue weighted by Crippen LogP contribution is -2.01. The van der Waals surface area contributed by atoms with Crippen LogP contribution in [0.25, 0.3) is 86.8 Å². The van der Waals surface area contributed by atoms with Crippen molar-refractivity contribution in [2.24, 2.45) is 0 Å². The molecule has 4 nitrogen and oxygen atoms in total.